The Kier molecular flexibility index (Phi) is 4.60. The Bertz CT molecular complexity index is 236. The molecule has 1 aliphatic heterocycles. The average molecular weight is 260 g/mol. The molecule has 0 bridgehead atoms. The maximum absolute atomic E-state index is 9.35. The Morgan fingerprint density at radius 2 is 2.00 bits per heavy atom. The smallest absolute Gasteiger partial charge is 0.363 e. The Morgan fingerprint density at radius 1 is 1.24 bits per heavy atom. The molecule has 2 aliphatic rings. The number of hydrogen-bond donors (Lipinski definition) is 1. The molecule has 1 heterocycles. The SMILES string of the molecule is CO[Si](CO)(CCCC1CCC2OC2C1)OC. The lowest BCUT2D eigenvalue weighted by Gasteiger charge is -2.26. The summed E-state index contributed by atoms with van der Waals surface area (Å²) in [6.07, 6.45) is 7.30. The molecular weight excluding hydrogens is 236 g/mol. The van der Waals surface area contributed by atoms with Crippen LogP contribution in [0.2, 0.25) is 6.04 Å². The summed E-state index contributed by atoms with van der Waals surface area (Å²) >= 11 is 0. The van der Waals surface area contributed by atoms with Gasteiger partial charge < -0.3 is 18.7 Å². The second kappa shape index (κ2) is 5.80. The first kappa shape index (κ1) is 13.5. The Morgan fingerprint density at radius 3 is 2.59 bits per heavy atom. The van der Waals surface area contributed by atoms with Crippen molar-refractivity contribution < 1.29 is 18.7 Å². The van der Waals surface area contributed by atoms with Crippen molar-refractivity contribution in [2.24, 2.45) is 5.92 Å². The summed E-state index contributed by atoms with van der Waals surface area (Å²) in [7, 11) is 1.01. The first-order chi connectivity index (χ1) is 8.23. The van der Waals surface area contributed by atoms with Crippen molar-refractivity contribution in [1.29, 1.82) is 0 Å². The van der Waals surface area contributed by atoms with Crippen molar-refractivity contribution in [3.05, 3.63) is 0 Å². The molecule has 1 aliphatic carbocycles. The molecule has 0 aromatic carbocycles. The molecule has 4 nitrogen and oxygen atoms in total. The van der Waals surface area contributed by atoms with Crippen LogP contribution in [0.3, 0.4) is 0 Å². The number of fused-ring (bicyclic) bond motifs is 1. The second-order valence-electron chi connectivity index (χ2n) is 5.26. The predicted molar refractivity (Wildman–Crippen MR) is 66.9 cm³/mol. The molecule has 17 heavy (non-hydrogen) atoms. The molecule has 0 aromatic heterocycles. The first-order valence-electron chi connectivity index (χ1n) is 6.59. The normalized spacial score (nSPS) is 32.3. The molecule has 3 unspecified atom stereocenters. The monoisotopic (exact) mass is 260 g/mol. The molecule has 3 atom stereocenters. The third-order valence-corrected chi connectivity index (χ3v) is 7.35. The highest BCUT2D eigenvalue weighted by atomic mass is 28.4. The molecule has 1 N–H and O–H groups in total. The van der Waals surface area contributed by atoms with Gasteiger partial charge in [-0.2, -0.15) is 0 Å². The number of aliphatic hydroxyl groups is 1. The van der Waals surface area contributed by atoms with E-state index in [1.807, 2.05) is 0 Å². The standard InChI is InChI=1S/C12H24O4Si/c1-14-17(9-13,15-2)7-3-4-10-5-6-11-12(8-10)16-11/h10-13H,3-9H2,1-2H3. The van der Waals surface area contributed by atoms with Crippen LogP contribution in [0.5, 0.6) is 0 Å². The molecule has 2 fully saturated rings. The third-order valence-electron chi connectivity index (χ3n) is 4.27. The highest BCUT2D eigenvalue weighted by Crippen LogP contribution is 2.41. The van der Waals surface area contributed by atoms with E-state index < -0.39 is 8.56 Å². The van der Waals surface area contributed by atoms with Crippen LogP contribution in [0, 0.1) is 5.92 Å². The van der Waals surface area contributed by atoms with Gasteiger partial charge in [-0.25, -0.2) is 0 Å². The van der Waals surface area contributed by atoms with E-state index in [9.17, 15) is 5.11 Å². The van der Waals surface area contributed by atoms with Gasteiger partial charge in [-0.1, -0.05) is 12.8 Å². The molecule has 5 heteroatoms. The van der Waals surface area contributed by atoms with Crippen molar-refractivity contribution in [3.63, 3.8) is 0 Å². The van der Waals surface area contributed by atoms with E-state index in [4.69, 9.17) is 13.6 Å². The van der Waals surface area contributed by atoms with Crippen LogP contribution >= 0.6 is 0 Å². The molecule has 2 rings (SSSR count). The van der Waals surface area contributed by atoms with Crippen LogP contribution in [0.4, 0.5) is 0 Å². The molecule has 100 valence electrons. The van der Waals surface area contributed by atoms with Crippen LogP contribution in [0.25, 0.3) is 0 Å². The van der Waals surface area contributed by atoms with Crippen LogP contribution < -0.4 is 0 Å². The maximum atomic E-state index is 9.35. The molecule has 0 aromatic rings. The summed E-state index contributed by atoms with van der Waals surface area (Å²) in [5.41, 5.74) is 0. The van der Waals surface area contributed by atoms with Gasteiger partial charge in [0.15, 0.2) is 0 Å². The Labute approximate surface area is 105 Å². The van der Waals surface area contributed by atoms with E-state index in [-0.39, 0.29) is 6.23 Å². The zero-order chi connectivity index (χ0) is 12.3. The van der Waals surface area contributed by atoms with E-state index in [1.54, 1.807) is 14.2 Å². The number of ether oxygens (including phenoxy) is 1. The fourth-order valence-electron chi connectivity index (χ4n) is 2.90. The highest BCUT2D eigenvalue weighted by Gasteiger charge is 2.43. The Hall–Kier alpha value is 0.0569. The molecule has 1 saturated heterocycles. The molecule has 0 amide bonds. The van der Waals surface area contributed by atoms with Gasteiger partial charge in [0.1, 0.15) is 0 Å². The summed E-state index contributed by atoms with van der Waals surface area (Å²) in [4.78, 5) is 0. The average Bonchev–Trinajstić information content (AvgIpc) is 3.14. The lowest BCUT2D eigenvalue weighted by atomic mass is 9.86. The van der Waals surface area contributed by atoms with E-state index in [2.05, 4.69) is 0 Å². The van der Waals surface area contributed by atoms with E-state index in [0.29, 0.717) is 12.2 Å². The lowest BCUT2D eigenvalue weighted by Crippen LogP contribution is -2.44. The van der Waals surface area contributed by atoms with Crippen molar-refractivity contribution in [1.82, 2.24) is 0 Å². The molecule has 0 spiro atoms. The topological polar surface area (TPSA) is 51.2 Å². The summed E-state index contributed by atoms with van der Waals surface area (Å²) in [5.74, 6) is 0.804. The van der Waals surface area contributed by atoms with E-state index in [1.165, 1.54) is 25.7 Å². The molecule has 1 saturated carbocycles. The molecule has 0 radical (unpaired) electrons. The van der Waals surface area contributed by atoms with Crippen molar-refractivity contribution >= 4 is 8.56 Å². The quantitative estimate of drug-likeness (QED) is 0.558. The Balaban J connectivity index is 1.67. The summed E-state index contributed by atoms with van der Waals surface area (Å²) < 4.78 is 16.3. The fourth-order valence-corrected chi connectivity index (χ4v) is 4.64. The van der Waals surface area contributed by atoms with E-state index >= 15 is 0 Å². The van der Waals surface area contributed by atoms with Crippen LogP contribution in [-0.4, -0.2) is 46.3 Å². The van der Waals surface area contributed by atoms with E-state index in [0.717, 1.165) is 18.4 Å². The zero-order valence-electron chi connectivity index (χ0n) is 10.9. The predicted octanol–water partition coefficient (Wildman–Crippen LogP) is 1.60. The van der Waals surface area contributed by atoms with Crippen LogP contribution in [-0.2, 0) is 13.6 Å². The minimum absolute atomic E-state index is 0.0540. The van der Waals surface area contributed by atoms with Gasteiger partial charge in [0.2, 0.25) is 0 Å². The summed E-state index contributed by atoms with van der Waals surface area (Å²) in [6.45, 7) is 0. The molecular formula is C12H24O4Si. The van der Waals surface area contributed by atoms with Gasteiger partial charge >= 0.3 is 8.56 Å². The zero-order valence-corrected chi connectivity index (χ0v) is 11.9. The largest absolute Gasteiger partial charge is 0.396 e. The third kappa shape index (κ3) is 3.29. The number of aliphatic hydroxyl groups excluding tert-OH is 1. The van der Waals surface area contributed by atoms with Crippen molar-refractivity contribution in [2.75, 3.05) is 20.4 Å². The van der Waals surface area contributed by atoms with Crippen LogP contribution in [0.15, 0.2) is 0 Å². The van der Waals surface area contributed by atoms with Gasteiger partial charge in [-0.3, -0.25) is 0 Å². The van der Waals surface area contributed by atoms with Gasteiger partial charge in [-0.05, 0) is 31.2 Å². The lowest BCUT2D eigenvalue weighted by molar-refractivity contribution is 0.194. The second-order valence-corrected chi connectivity index (χ2v) is 8.72. The fraction of sp³-hybridized carbons (Fsp3) is 1.00. The number of rotatable bonds is 7. The van der Waals surface area contributed by atoms with Crippen LogP contribution in [0.1, 0.15) is 32.1 Å². The minimum Gasteiger partial charge on any atom is -0.396 e. The van der Waals surface area contributed by atoms with Crippen molar-refractivity contribution in [2.45, 2.75) is 50.4 Å². The first-order valence-corrected chi connectivity index (χ1v) is 8.82. The number of hydrogen-bond acceptors (Lipinski definition) is 4. The maximum Gasteiger partial charge on any atom is 0.363 e. The van der Waals surface area contributed by atoms with Gasteiger partial charge in [0, 0.05) is 14.2 Å². The summed E-state index contributed by atoms with van der Waals surface area (Å²) in [5, 5.41) is 9.35. The van der Waals surface area contributed by atoms with Gasteiger partial charge in [0.25, 0.3) is 0 Å². The summed E-state index contributed by atoms with van der Waals surface area (Å²) in [6, 6.07) is 0.891. The number of epoxide rings is 1. The van der Waals surface area contributed by atoms with Gasteiger partial charge in [-0.15, -0.1) is 0 Å². The van der Waals surface area contributed by atoms with Crippen molar-refractivity contribution in [3.8, 4) is 0 Å². The van der Waals surface area contributed by atoms with Gasteiger partial charge in [0.05, 0.1) is 18.4 Å². The highest BCUT2D eigenvalue weighted by molar-refractivity contribution is 6.67. The minimum atomic E-state index is -2.28.